The smallest absolute Gasteiger partial charge is 0.335 e. The molecule has 0 spiro atoms. The van der Waals surface area contributed by atoms with Gasteiger partial charge in [-0.1, -0.05) is 109 Å². The molecule has 12 aliphatic carbocycles. The standard InChI is InChI=1S/C30H44O5.C29H41NO4.C24H34O4.C6H12O2/c1-18(2)19(3)27(32)35-22-10-13-28(4)21(16-22)7-8-25-24(28)11-14-29(5)23(12-15-30(25,29)33)20-6-9-26(31)34-17-20;1-17(2)26(30)27(32)34-20-11-13-28(3)19(15-20)6-7-21-23-9-8-22(18-5-10-25(31)33-16-18)29(23,4)14-12-24(21)28;1-22-10-7-17(25)13-16(22)4-5-20-19(22)8-11-23(2)18(9-12-24(20,23)27)15-3-6-21(26)28-14-15;1-4(2)5(3)6(7)8/h6,9,17-19,21-25,33H,7-8,10-16H2,1-5H3;5,9-10,16-17,19-22,24,26H,6-8,11-15,30H2,1-4H3;3,6,14,16-20,25,27H,4-5,7-13H2,1-2H3;4-5H,1-3H3,(H,7,8)/t19-,21-,22+,23-,24+,25-,28+,29-,30+;19-,20+,21+,22-,24+,26-,28+,29-;16-,17+,18-,19+,20-,22+,23-,24+;5-/m1111/s1. The monoisotopic (exact) mass is 1450 g/mol. The van der Waals surface area contributed by atoms with Crippen LogP contribution in [0.2, 0.25) is 0 Å². The zero-order chi connectivity index (χ0) is 75.9. The third-order valence-corrected chi connectivity index (χ3v) is 33.3. The number of carbonyl (C=O) groups excluding carboxylic acids is 2. The molecule has 0 aliphatic heterocycles. The van der Waals surface area contributed by atoms with E-state index in [9.17, 15) is 44.1 Å². The van der Waals surface area contributed by atoms with Crippen molar-refractivity contribution in [1.82, 2.24) is 0 Å². The van der Waals surface area contributed by atoms with Crippen LogP contribution in [0.25, 0.3) is 0 Å². The lowest BCUT2D eigenvalue weighted by Crippen LogP contribution is -2.62. The van der Waals surface area contributed by atoms with Crippen LogP contribution in [0.4, 0.5) is 0 Å². The summed E-state index contributed by atoms with van der Waals surface area (Å²) in [7, 11) is 0. The van der Waals surface area contributed by atoms with E-state index in [-0.39, 0.29) is 110 Å². The first-order chi connectivity index (χ1) is 49.5. The summed E-state index contributed by atoms with van der Waals surface area (Å²) in [5, 5.41) is 43.1. The number of hydrogen-bond donors (Lipinski definition) is 5. The second kappa shape index (κ2) is 30.3. The van der Waals surface area contributed by atoms with E-state index in [0.29, 0.717) is 70.5 Å². The van der Waals surface area contributed by atoms with Crippen LogP contribution < -0.4 is 22.6 Å². The molecule has 105 heavy (non-hydrogen) atoms. The molecule has 26 atom stereocenters. The van der Waals surface area contributed by atoms with Gasteiger partial charge in [0.2, 0.25) is 0 Å². The van der Waals surface area contributed by atoms with E-state index in [0.717, 1.165) is 152 Å². The predicted molar refractivity (Wildman–Crippen MR) is 405 cm³/mol. The molecule has 0 unspecified atom stereocenters. The fourth-order valence-electron chi connectivity index (χ4n) is 25.8. The minimum absolute atomic E-state index is 0.0172. The molecule has 16 heteroatoms. The largest absolute Gasteiger partial charge is 0.481 e. The Morgan fingerprint density at radius 1 is 0.457 bits per heavy atom. The fourth-order valence-corrected chi connectivity index (χ4v) is 25.8. The average molecular weight is 1460 g/mol. The third kappa shape index (κ3) is 14.3. The second-order valence-corrected chi connectivity index (χ2v) is 38.8. The number of nitrogens with two attached hydrogens (primary N) is 1. The van der Waals surface area contributed by atoms with E-state index in [1.54, 1.807) is 37.4 Å². The van der Waals surface area contributed by atoms with Gasteiger partial charge in [0.25, 0.3) is 0 Å². The number of allylic oxidation sites excluding steroid dienone is 2. The van der Waals surface area contributed by atoms with Crippen molar-refractivity contribution in [3.8, 4) is 0 Å². The number of aliphatic hydroxyl groups is 3. The highest BCUT2D eigenvalue weighted by molar-refractivity contribution is 5.76. The number of carbonyl (C=O) groups is 3. The van der Waals surface area contributed by atoms with E-state index in [4.69, 9.17) is 33.6 Å². The normalized spacial score (nSPS) is 42.1. The maximum absolute atomic E-state index is 12.6. The molecule has 15 rings (SSSR count). The summed E-state index contributed by atoms with van der Waals surface area (Å²) in [4.78, 5) is 69.6. The van der Waals surface area contributed by atoms with Gasteiger partial charge in [-0.05, 0) is 312 Å². The van der Waals surface area contributed by atoms with Crippen molar-refractivity contribution in [2.24, 2.45) is 121 Å². The molecule has 6 N–H and O–H groups in total. The zero-order valence-electron chi connectivity index (χ0n) is 66.1. The Morgan fingerprint density at radius 3 is 1.30 bits per heavy atom. The van der Waals surface area contributed by atoms with E-state index in [1.807, 2.05) is 52.8 Å². The van der Waals surface area contributed by atoms with Gasteiger partial charge in [0, 0.05) is 29.0 Å². The molecule has 16 nitrogen and oxygen atoms in total. The van der Waals surface area contributed by atoms with Gasteiger partial charge in [-0.2, -0.15) is 0 Å². The summed E-state index contributed by atoms with van der Waals surface area (Å²) in [6, 6.07) is 9.84. The number of rotatable bonds is 11. The highest BCUT2D eigenvalue weighted by Gasteiger charge is 2.70. The van der Waals surface area contributed by atoms with Crippen LogP contribution in [-0.4, -0.2) is 73.9 Å². The van der Waals surface area contributed by atoms with Crippen LogP contribution in [0.15, 0.2) is 94.5 Å². The van der Waals surface area contributed by atoms with Crippen LogP contribution in [0, 0.1) is 115 Å². The molecule has 582 valence electrons. The Balaban J connectivity index is 0.000000141. The number of esters is 2. The van der Waals surface area contributed by atoms with Gasteiger partial charge in [0.15, 0.2) is 0 Å². The Kier molecular flexibility index (Phi) is 22.9. The number of carboxylic acid groups (broad SMARTS) is 1. The lowest BCUT2D eigenvalue weighted by Gasteiger charge is -2.63. The number of carboxylic acids is 1. The molecule has 3 aromatic rings. The molecule has 3 heterocycles. The Morgan fingerprint density at radius 2 is 0.876 bits per heavy atom. The third-order valence-electron chi connectivity index (χ3n) is 33.3. The van der Waals surface area contributed by atoms with Crippen molar-refractivity contribution in [1.29, 1.82) is 0 Å². The van der Waals surface area contributed by atoms with Crippen molar-refractivity contribution in [2.45, 2.75) is 317 Å². The Labute approximate surface area is 625 Å². The maximum Gasteiger partial charge on any atom is 0.335 e. The van der Waals surface area contributed by atoms with Crippen molar-refractivity contribution in [2.75, 3.05) is 0 Å². The number of fused-ring (bicyclic) bond motifs is 15. The van der Waals surface area contributed by atoms with Gasteiger partial charge in [-0.15, -0.1) is 0 Å². The van der Waals surface area contributed by atoms with E-state index >= 15 is 0 Å². The minimum atomic E-state index is -0.708. The molecule has 11 fully saturated rings. The molecule has 12 aliphatic rings. The van der Waals surface area contributed by atoms with Gasteiger partial charge in [-0.3, -0.25) is 14.4 Å². The highest BCUT2D eigenvalue weighted by atomic mass is 16.5. The van der Waals surface area contributed by atoms with Crippen molar-refractivity contribution in [3.05, 3.63) is 115 Å². The van der Waals surface area contributed by atoms with E-state index in [2.05, 4.69) is 61.5 Å². The van der Waals surface area contributed by atoms with E-state index in [1.165, 1.54) is 44.2 Å². The van der Waals surface area contributed by atoms with Crippen molar-refractivity contribution < 1.29 is 57.5 Å². The predicted octanol–water partition coefficient (Wildman–Crippen LogP) is 17.3. The summed E-state index contributed by atoms with van der Waals surface area (Å²) < 4.78 is 27.5. The van der Waals surface area contributed by atoms with E-state index < -0.39 is 23.2 Å². The van der Waals surface area contributed by atoms with Gasteiger partial charge in [-0.25, -0.2) is 14.4 Å². The van der Waals surface area contributed by atoms with Gasteiger partial charge in [0.1, 0.15) is 18.2 Å². The number of hydrogen-bond acceptors (Lipinski definition) is 15. The van der Waals surface area contributed by atoms with Crippen molar-refractivity contribution >= 4 is 17.9 Å². The Hall–Kier alpha value is -5.16. The number of ether oxygens (including phenoxy) is 2. The van der Waals surface area contributed by atoms with Gasteiger partial charge in [0.05, 0.1) is 47.9 Å². The van der Waals surface area contributed by atoms with Crippen LogP contribution in [0.1, 0.15) is 298 Å². The molecule has 3 aromatic heterocycles. The second-order valence-electron chi connectivity index (χ2n) is 38.8. The first-order valence-electron chi connectivity index (χ1n) is 41.4. The molecule has 0 amide bonds. The molecular weight excluding hydrogens is 1320 g/mol. The zero-order valence-corrected chi connectivity index (χ0v) is 66.1. The van der Waals surface area contributed by atoms with Gasteiger partial charge >= 0.3 is 34.8 Å². The van der Waals surface area contributed by atoms with Crippen LogP contribution >= 0.6 is 0 Å². The molecule has 0 radical (unpaired) electrons. The number of aliphatic hydroxyl groups excluding tert-OH is 1. The van der Waals surface area contributed by atoms with Crippen LogP contribution in [0.5, 0.6) is 0 Å². The van der Waals surface area contributed by atoms with Crippen LogP contribution in [0.3, 0.4) is 0 Å². The summed E-state index contributed by atoms with van der Waals surface area (Å²) in [6.45, 7) is 30.0. The highest BCUT2D eigenvalue weighted by Crippen LogP contribution is 2.74. The molecule has 0 bridgehead atoms. The lowest BCUT2D eigenvalue weighted by molar-refractivity contribution is -0.208. The van der Waals surface area contributed by atoms with Gasteiger partial charge < -0.3 is 48.9 Å². The first-order valence-corrected chi connectivity index (χ1v) is 41.4. The fraction of sp³-hybridized carbons (Fsp3) is 0.775. The molecule has 11 saturated carbocycles. The minimum Gasteiger partial charge on any atom is -0.481 e. The molecule has 0 aromatic carbocycles. The summed E-state index contributed by atoms with van der Waals surface area (Å²) in [5.74, 6) is 5.11. The average Bonchev–Trinajstić information content (AvgIpc) is 1.65. The lowest BCUT2D eigenvalue weighted by atomic mass is 9.43. The molecule has 0 saturated heterocycles. The summed E-state index contributed by atoms with van der Waals surface area (Å²) >= 11 is 0. The number of aliphatic carboxylic acids is 1. The maximum atomic E-state index is 12.6. The molecular formula is C89H131NO15. The first kappa shape index (κ1) is 79.4. The quantitative estimate of drug-likeness (QED) is 0.0882. The Bertz CT molecular complexity index is 3750. The topological polar surface area (TPSA) is 267 Å². The summed E-state index contributed by atoms with van der Waals surface area (Å²) in [6.07, 6.45) is 34.6. The summed E-state index contributed by atoms with van der Waals surface area (Å²) in [5.41, 5.74) is 9.34. The SMILES string of the molecule is CC(C)[C@@H](C)C(=O)O.CC(C)[C@@H](C)C(=O)O[C@H]1CC[C@@]2(C)[C@H](CC[C@@H]3[C@@H]2CC[C@]2(C)[C@@H](c4ccc(=O)oc4)CC[C@]32O)C1.CC(C)[C@@H](N)C(=O)O[C@H]1CC[C@@]2(C)[C@H](CC[C@H]3C4=CC[C@H](c5ccc(=O)oc5)[C@@]4(C)CC[C@@H]32)C1.C[C@]12CC[C@H](O)C[C@H]1CC[C@@H]1[C@@H]2CC[C@]2(C)[C@@H](c3ccc(=O)oc3)CC[C@]12O. The van der Waals surface area contributed by atoms with Crippen molar-refractivity contribution in [3.63, 3.8) is 0 Å². The van der Waals surface area contributed by atoms with Crippen LogP contribution in [-0.2, 0) is 23.9 Å².